The smallest absolute Gasteiger partial charge is 0.0789 e. The van der Waals surface area contributed by atoms with Gasteiger partial charge < -0.3 is 0 Å². The van der Waals surface area contributed by atoms with Crippen LogP contribution in [0.15, 0.2) is 42.5 Å². The van der Waals surface area contributed by atoms with Crippen molar-refractivity contribution in [2.24, 2.45) is 0 Å². The summed E-state index contributed by atoms with van der Waals surface area (Å²) in [4.78, 5) is 0. The third kappa shape index (κ3) is 3.42. The normalized spacial score (nSPS) is 16.0. The number of aryl methyl sites for hydroxylation is 3. The van der Waals surface area contributed by atoms with E-state index in [-0.39, 0.29) is 0 Å². The number of rotatable bonds is 6. The molecule has 24 heavy (non-hydrogen) atoms. The Labute approximate surface area is 149 Å². The quantitative estimate of drug-likeness (QED) is 0.459. The maximum absolute atomic E-state index is 2.49. The highest BCUT2D eigenvalue weighted by molar-refractivity contribution is 6.76. The average molecular weight is 334 g/mol. The van der Waals surface area contributed by atoms with Crippen molar-refractivity contribution in [2.75, 3.05) is 0 Å². The Morgan fingerprint density at radius 3 is 2.38 bits per heavy atom. The van der Waals surface area contributed by atoms with Crippen molar-refractivity contribution in [1.82, 2.24) is 0 Å². The topological polar surface area (TPSA) is 0 Å². The van der Waals surface area contributed by atoms with E-state index in [1.54, 1.807) is 10.8 Å². The van der Waals surface area contributed by atoms with E-state index < -0.39 is 8.80 Å². The third-order valence-electron chi connectivity index (χ3n) is 5.22. The van der Waals surface area contributed by atoms with Crippen LogP contribution in [0.1, 0.15) is 59.5 Å². The van der Waals surface area contributed by atoms with Gasteiger partial charge in [0.2, 0.25) is 0 Å². The van der Waals surface area contributed by atoms with Gasteiger partial charge in [0.05, 0.1) is 8.80 Å². The standard InChI is InChI=1S/C23H29Si/c1-5-6-9-14-24(23-18(3)15-17(2)16-19(23)4)22-13-12-20-10-7-8-11-21(20)22/h7-8,10-13,15-16,22H,5-6,9,14H2,1-4H3. The van der Waals surface area contributed by atoms with E-state index >= 15 is 0 Å². The Morgan fingerprint density at radius 1 is 0.958 bits per heavy atom. The molecule has 1 radical (unpaired) electrons. The van der Waals surface area contributed by atoms with E-state index in [0.717, 1.165) is 0 Å². The van der Waals surface area contributed by atoms with Crippen LogP contribution in [0.3, 0.4) is 0 Å². The second-order valence-corrected chi connectivity index (χ2v) is 9.89. The zero-order chi connectivity index (χ0) is 17.1. The number of hydrogen-bond acceptors (Lipinski definition) is 0. The van der Waals surface area contributed by atoms with Gasteiger partial charge in [-0.3, -0.25) is 0 Å². The summed E-state index contributed by atoms with van der Waals surface area (Å²) in [6.45, 7) is 9.17. The van der Waals surface area contributed by atoms with Crippen LogP contribution in [0.2, 0.25) is 6.04 Å². The van der Waals surface area contributed by atoms with Crippen LogP contribution < -0.4 is 5.19 Å². The summed E-state index contributed by atoms with van der Waals surface area (Å²) >= 11 is 0. The molecule has 2 aromatic carbocycles. The number of benzene rings is 2. The summed E-state index contributed by atoms with van der Waals surface area (Å²) in [5, 5.41) is 1.69. The molecule has 125 valence electrons. The fraction of sp³-hybridized carbons (Fsp3) is 0.391. The summed E-state index contributed by atoms with van der Waals surface area (Å²) in [6, 6.07) is 15.1. The monoisotopic (exact) mass is 333 g/mol. The zero-order valence-corrected chi connectivity index (χ0v) is 16.5. The largest absolute Gasteiger partial charge is 0.0983 e. The fourth-order valence-corrected chi connectivity index (χ4v) is 7.87. The molecule has 0 aromatic heterocycles. The first-order valence-corrected chi connectivity index (χ1v) is 11.1. The van der Waals surface area contributed by atoms with Crippen LogP contribution in [-0.2, 0) is 0 Å². The minimum Gasteiger partial charge on any atom is -0.0789 e. The molecule has 1 unspecified atom stereocenters. The lowest BCUT2D eigenvalue weighted by Gasteiger charge is -2.26. The maximum Gasteiger partial charge on any atom is 0.0983 e. The second-order valence-electron chi connectivity index (χ2n) is 7.22. The van der Waals surface area contributed by atoms with Gasteiger partial charge in [-0.05, 0) is 31.9 Å². The van der Waals surface area contributed by atoms with Crippen molar-refractivity contribution in [2.45, 2.75) is 58.5 Å². The van der Waals surface area contributed by atoms with Gasteiger partial charge in [0.1, 0.15) is 0 Å². The molecule has 3 rings (SSSR count). The van der Waals surface area contributed by atoms with Crippen LogP contribution in [0.5, 0.6) is 0 Å². The summed E-state index contributed by atoms with van der Waals surface area (Å²) < 4.78 is 0. The molecular weight excluding hydrogens is 304 g/mol. The fourth-order valence-electron chi connectivity index (χ4n) is 4.24. The van der Waals surface area contributed by atoms with Crippen molar-refractivity contribution in [3.05, 3.63) is 70.3 Å². The lowest BCUT2D eigenvalue weighted by molar-refractivity contribution is 0.764. The number of unbranched alkanes of at least 4 members (excludes halogenated alkanes) is 2. The molecule has 1 heteroatoms. The molecule has 0 amide bonds. The van der Waals surface area contributed by atoms with Crippen LogP contribution in [-0.4, -0.2) is 8.80 Å². The molecule has 0 bridgehead atoms. The molecule has 0 aliphatic heterocycles. The Hall–Kier alpha value is -1.60. The predicted octanol–water partition coefficient (Wildman–Crippen LogP) is 5.85. The zero-order valence-electron chi connectivity index (χ0n) is 15.5. The molecule has 0 fully saturated rings. The summed E-state index contributed by atoms with van der Waals surface area (Å²) in [5.41, 5.74) is 8.03. The Bertz CT molecular complexity index is 718. The number of allylic oxidation sites excluding steroid dienone is 1. The van der Waals surface area contributed by atoms with Gasteiger partial charge >= 0.3 is 0 Å². The highest BCUT2D eigenvalue weighted by Gasteiger charge is 2.30. The Morgan fingerprint density at radius 2 is 1.67 bits per heavy atom. The van der Waals surface area contributed by atoms with Gasteiger partial charge in [-0.2, -0.15) is 0 Å². The van der Waals surface area contributed by atoms with E-state index in [9.17, 15) is 0 Å². The van der Waals surface area contributed by atoms with Gasteiger partial charge in [-0.25, -0.2) is 0 Å². The molecule has 0 N–H and O–H groups in total. The molecule has 0 heterocycles. The lowest BCUT2D eigenvalue weighted by Crippen LogP contribution is -2.39. The molecular formula is C23H29Si. The van der Waals surface area contributed by atoms with Crippen molar-refractivity contribution >= 4 is 20.1 Å². The van der Waals surface area contributed by atoms with Crippen molar-refractivity contribution in [3.63, 3.8) is 0 Å². The number of fused-ring (bicyclic) bond motifs is 1. The van der Waals surface area contributed by atoms with Crippen molar-refractivity contribution in [3.8, 4) is 0 Å². The van der Waals surface area contributed by atoms with Crippen LogP contribution >= 0.6 is 0 Å². The molecule has 0 saturated carbocycles. The van der Waals surface area contributed by atoms with Crippen LogP contribution in [0, 0.1) is 20.8 Å². The van der Waals surface area contributed by atoms with E-state index in [2.05, 4.69) is 76.2 Å². The van der Waals surface area contributed by atoms with Gasteiger partial charge in [0.25, 0.3) is 0 Å². The Kier molecular flexibility index (Phi) is 5.40. The first kappa shape index (κ1) is 17.2. The third-order valence-corrected chi connectivity index (χ3v) is 8.80. The van der Waals surface area contributed by atoms with Crippen LogP contribution in [0.25, 0.3) is 6.08 Å². The number of hydrogen-bond donors (Lipinski definition) is 0. The second kappa shape index (κ2) is 7.52. The van der Waals surface area contributed by atoms with Gasteiger partial charge in [0, 0.05) is 5.54 Å². The SMILES string of the molecule is CCCCC[Si](c1c(C)cc(C)cc1C)C1C=Cc2ccccc21. The highest BCUT2D eigenvalue weighted by Crippen LogP contribution is 2.34. The Balaban J connectivity index is 2.01. The molecule has 0 nitrogen and oxygen atoms in total. The first-order chi connectivity index (χ1) is 11.6. The highest BCUT2D eigenvalue weighted by atomic mass is 28.3. The van der Waals surface area contributed by atoms with E-state index in [1.807, 2.05) is 0 Å². The summed E-state index contributed by atoms with van der Waals surface area (Å²) in [5.74, 6) is 0. The van der Waals surface area contributed by atoms with Gasteiger partial charge in [-0.1, -0.05) is 103 Å². The molecule has 1 aliphatic rings. The minimum absolute atomic E-state index is 0.628. The van der Waals surface area contributed by atoms with E-state index in [4.69, 9.17) is 0 Å². The minimum atomic E-state index is -0.648. The molecule has 0 spiro atoms. The van der Waals surface area contributed by atoms with Crippen molar-refractivity contribution in [1.29, 1.82) is 0 Å². The lowest BCUT2D eigenvalue weighted by atomic mass is 10.1. The van der Waals surface area contributed by atoms with Gasteiger partial charge in [0.15, 0.2) is 0 Å². The van der Waals surface area contributed by atoms with Crippen molar-refractivity contribution < 1.29 is 0 Å². The maximum atomic E-state index is 2.49. The average Bonchev–Trinajstić information content (AvgIpc) is 2.96. The first-order valence-electron chi connectivity index (χ1n) is 9.33. The van der Waals surface area contributed by atoms with Gasteiger partial charge in [-0.15, -0.1) is 0 Å². The molecule has 0 saturated heterocycles. The van der Waals surface area contributed by atoms with E-state index in [0.29, 0.717) is 5.54 Å². The molecule has 1 atom stereocenters. The molecule has 1 aliphatic carbocycles. The van der Waals surface area contributed by atoms with Crippen LogP contribution in [0.4, 0.5) is 0 Å². The molecule has 2 aromatic rings. The summed E-state index contributed by atoms with van der Waals surface area (Å²) in [7, 11) is -0.648. The predicted molar refractivity (Wildman–Crippen MR) is 109 cm³/mol. The van der Waals surface area contributed by atoms with E-state index in [1.165, 1.54) is 47.6 Å². The summed E-state index contributed by atoms with van der Waals surface area (Å²) in [6.07, 6.45) is 8.87.